The zero-order valence-corrected chi connectivity index (χ0v) is 9.65. The van der Waals surface area contributed by atoms with Crippen LogP contribution in [0.15, 0.2) is 12.4 Å². The number of unbranched alkanes of at least 4 members (excludes halogenated alkanes) is 1. The van der Waals surface area contributed by atoms with Gasteiger partial charge < -0.3 is 10.5 Å². The fraction of sp³-hybridized carbons (Fsp3) is 0.727. The van der Waals surface area contributed by atoms with Crippen molar-refractivity contribution in [1.29, 1.82) is 0 Å². The molecule has 0 aliphatic carbocycles. The van der Waals surface area contributed by atoms with Gasteiger partial charge in [0.05, 0.1) is 18.9 Å². The molecule has 0 aliphatic rings. The van der Waals surface area contributed by atoms with Gasteiger partial charge in [0.25, 0.3) is 0 Å². The van der Waals surface area contributed by atoms with E-state index in [1.807, 2.05) is 17.8 Å². The van der Waals surface area contributed by atoms with Crippen LogP contribution in [0.5, 0.6) is 0 Å². The van der Waals surface area contributed by atoms with Crippen LogP contribution in [0.2, 0.25) is 0 Å². The van der Waals surface area contributed by atoms with Crippen LogP contribution in [0.3, 0.4) is 0 Å². The minimum atomic E-state index is 0.0870. The molecule has 0 bridgehead atoms. The van der Waals surface area contributed by atoms with Gasteiger partial charge >= 0.3 is 0 Å². The lowest BCUT2D eigenvalue weighted by Gasteiger charge is -2.09. The van der Waals surface area contributed by atoms with Gasteiger partial charge in [-0.1, -0.05) is 13.3 Å². The van der Waals surface area contributed by atoms with Crippen LogP contribution in [-0.4, -0.2) is 22.9 Å². The molecule has 86 valence electrons. The van der Waals surface area contributed by atoms with Gasteiger partial charge in [-0.3, -0.25) is 4.68 Å². The average Bonchev–Trinajstić information content (AvgIpc) is 2.71. The highest BCUT2D eigenvalue weighted by molar-refractivity contribution is 5.07. The molecule has 1 aromatic rings. The summed E-state index contributed by atoms with van der Waals surface area (Å²) in [5.41, 5.74) is 6.50. The first-order valence-electron chi connectivity index (χ1n) is 5.62. The summed E-state index contributed by atoms with van der Waals surface area (Å²) in [6.07, 6.45) is 6.37. The lowest BCUT2D eigenvalue weighted by atomic mass is 10.2. The van der Waals surface area contributed by atoms with Crippen molar-refractivity contribution < 1.29 is 4.74 Å². The molecular formula is C11H21N3O. The third kappa shape index (κ3) is 4.01. The van der Waals surface area contributed by atoms with Crippen LogP contribution in [-0.2, 0) is 11.3 Å². The first-order valence-corrected chi connectivity index (χ1v) is 5.62. The molecule has 4 heteroatoms. The lowest BCUT2D eigenvalue weighted by molar-refractivity contribution is 0.0717. The van der Waals surface area contributed by atoms with E-state index in [0.717, 1.165) is 12.1 Å². The maximum Gasteiger partial charge on any atom is 0.0827 e. The molecule has 1 rings (SSSR count). The molecule has 1 aromatic heterocycles. The van der Waals surface area contributed by atoms with Gasteiger partial charge in [0, 0.05) is 24.8 Å². The van der Waals surface area contributed by atoms with E-state index in [9.17, 15) is 0 Å². The minimum Gasteiger partial charge on any atom is -0.372 e. The molecule has 4 nitrogen and oxygen atoms in total. The second kappa shape index (κ2) is 6.58. The standard InChI is InChI=1S/C11H21N3O/c1-3-4-6-14-9-11(8-13-14)10(2)15-7-5-12/h8-10H,3-7,12H2,1-2H3/t10-/m1/s1. The van der Waals surface area contributed by atoms with Crippen LogP contribution in [0.25, 0.3) is 0 Å². The number of ether oxygens (including phenoxy) is 1. The number of aryl methyl sites for hydroxylation is 1. The van der Waals surface area contributed by atoms with Crippen molar-refractivity contribution in [1.82, 2.24) is 9.78 Å². The Balaban J connectivity index is 2.43. The van der Waals surface area contributed by atoms with Gasteiger partial charge in [-0.2, -0.15) is 5.10 Å². The van der Waals surface area contributed by atoms with Crippen molar-refractivity contribution in [3.63, 3.8) is 0 Å². The molecule has 0 saturated heterocycles. The Labute approximate surface area is 91.4 Å². The third-order valence-electron chi connectivity index (χ3n) is 2.35. The number of hydrogen-bond donors (Lipinski definition) is 1. The van der Waals surface area contributed by atoms with Crippen molar-refractivity contribution in [2.45, 2.75) is 39.3 Å². The molecule has 0 spiro atoms. The summed E-state index contributed by atoms with van der Waals surface area (Å²) in [6, 6.07) is 0. The summed E-state index contributed by atoms with van der Waals surface area (Å²) >= 11 is 0. The summed E-state index contributed by atoms with van der Waals surface area (Å²) in [6.45, 7) is 6.35. The normalized spacial score (nSPS) is 13.0. The van der Waals surface area contributed by atoms with E-state index in [2.05, 4.69) is 18.2 Å². The Kier molecular flexibility index (Phi) is 5.36. The fourth-order valence-electron chi connectivity index (χ4n) is 1.37. The van der Waals surface area contributed by atoms with Crippen LogP contribution in [0.4, 0.5) is 0 Å². The van der Waals surface area contributed by atoms with Crippen LogP contribution >= 0.6 is 0 Å². The van der Waals surface area contributed by atoms with E-state index >= 15 is 0 Å². The molecule has 1 atom stereocenters. The summed E-state index contributed by atoms with van der Waals surface area (Å²) in [5.74, 6) is 0. The van der Waals surface area contributed by atoms with Crippen LogP contribution in [0.1, 0.15) is 38.4 Å². The number of aromatic nitrogens is 2. The zero-order valence-electron chi connectivity index (χ0n) is 9.65. The van der Waals surface area contributed by atoms with E-state index in [-0.39, 0.29) is 6.10 Å². The topological polar surface area (TPSA) is 53.1 Å². The van der Waals surface area contributed by atoms with E-state index in [0.29, 0.717) is 13.2 Å². The van der Waals surface area contributed by atoms with E-state index in [1.54, 1.807) is 0 Å². The molecule has 0 amide bonds. The van der Waals surface area contributed by atoms with Crippen LogP contribution < -0.4 is 5.73 Å². The summed E-state index contributed by atoms with van der Waals surface area (Å²) in [5, 5.41) is 4.29. The summed E-state index contributed by atoms with van der Waals surface area (Å²) in [7, 11) is 0. The van der Waals surface area contributed by atoms with Crippen molar-refractivity contribution in [2.24, 2.45) is 5.73 Å². The number of nitrogens with zero attached hydrogens (tertiary/aromatic N) is 2. The van der Waals surface area contributed by atoms with Gasteiger partial charge in [0.2, 0.25) is 0 Å². The minimum absolute atomic E-state index is 0.0870. The SMILES string of the molecule is CCCCn1cc([C@@H](C)OCCN)cn1. The Bertz CT molecular complexity index is 273. The predicted molar refractivity (Wildman–Crippen MR) is 60.6 cm³/mol. The van der Waals surface area contributed by atoms with Crippen LogP contribution in [0, 0.1) is 0 Å². The third-order valence-corrected chi connectivity index (χ3v) is 2.35. The molecule has 0 unspecified atom stereocenters. The molecule has 0 saturated carbocycles. The molecule has 15 heavy (non-hydrogen) atoms. The predicted octanol–water partition coefficient (Wildman–Crippen LogP) is 1.72. The van der Waals surface area contributed by atoms with Gasteiger partial charge in [-0.25, -0.2) is 0 Å². The molecule has 0 fully saturated rings. The second-order valence-electron chi connectivity index (χ2n) is 3.69. The Hall–Kier alpha value is -0.870. The number of hydrogen-bond acceptors (Lipinski definition) is 3. The van der Waals surface area contributed by atoms with Crippen molar-refractivity contribution in [2.75, 3.05) is 13.2 Å². The first-order chi connectivity index (χ1) is 7.27. The number of rotatable bonds is 7. The second-order valence-corrected chi connectivity index (χ2v) is 3.69. The average molecular weight is 211 g/mol. The fourth-order valence-corrected chi connectivity index (χ4v) is 1.37. The van der Waals surface area contributed by atoms with Crippen molar-refractivity contribution in [3.8, 4) is 0 Å². The largest absolute Gasteiger partial charge is 0.372 e. The Morgan fingerprint density at radius 1 is 1.60 bits per heavy atom. The van der Waals surface area contributed by atoms with E-state index in [4.69, 9.17) is 10.5 Å². The van der Waals surface area contributed by atoms with Gasteiger partial charge in [0.15, 0.2) is 0 Å². The lowest BCUT2D eigenvalue weighted by Crippen LogP contribution is -2.10. The van der Waals surface area contributed by atoms with Gasteiger partial charge in [0.1, 0.15) is 0 Å². The van der Waals surface area contributed by atoms with Gasteiger partial charge in [-0.15, -0.1) is 0 Å². The number of nitrogens with two attached hydrogens (primary N) is 1. The molecule has 0 aromatic carbocycles. The molecular weight excluding hydrogens is 190 g/mol. The highest BCUT2D eigenvalue weighted by Crippen LogP contribution is 2.15. The smallest absolute Gasteiger partial charge is 0.0827 e. The first kappa shape index (κ1) is 12.2. The monoisotopic (exact) mass is 211 g/mol. The van der Waals surface area contributed by atoms with E-state index in [1.165, 1.54) is 12.8 Å². The molecule has 0 radical (unpaired) electrons. The Morgan fingerprint density at radius 3 is 3.07 bits per heavy atom. The summed E-state index contributed by atoms with van der Waals surface area (Å²) in [4.78, 5) is 0. The van der Waals surface area contributed by atoms with Crippen molar-refractivity contribution in [3.05, 3.63) is 18.0 Å². The van der Waals surface area contributed by atoms with Gasteiger partial charge in [-0.05, 0) is 13.3 Å². The maximum atomic E-state index is 5.52. The highest BCUT2D eigenvalue weighted by atomic mass is 16.5. The van der Waals surface area contributed by atoms with Crippen molar-refractivity contribution >= 4 is 0 Å². The molecule has 0 aliphatic heterocycles. The highest BCUT2D eigenvalue weighted by Gasteiger charge is 2.07. The quantitative estimate of drug-likeness (QED) is 0.747. The maximum absolute atomic E-state index is 5.52. The Morgan fingerprint density at radius 2 is 2.40 bits per heavy atom. The zero-order chi connectivity index (χ0) is 11.1. The molecule has 1 heterocycles. The van der Waals surface area contributed by atoms with E-state index < -0.39 is 0 Å². The molecule has 2 N–H and O–H groups in total. The summed E-state index contributed by atoms with van der Waals surface area (Å²) < 4.78 is 7.49.